The highest BCUT2D eigenvalue weighted by atomic mass is 32.2. The summed E-state index contributed by atoms with van der Waals surface area (Å²) >= 11 is 2.01. The summed E-state index contributed by atoms with van der Waals surface area (Å²) in [5, 5.41) is 0. The van der Waals surface area contributed by atoms with Gasteiger partial charge in [0, 0.05) is 35.7 Å². The van der Waals surface area contributed by atoms with Gasteiger partial charge in [0.05, 0.1) is 0 Å². The van der Waals surface area contributed by atoms with Crippen LogP contribution in [0.5, 0.6) is 0 Å². The van der Waals surface area contributed by atoms with Crippen molar-refractivity contribution in [1.29, 1.82) is 0 Å². The average Bonchev–Trinajstić information content (AvgIpc) is 2.73. The zero-order chi connectivity index (χ0) is 11.7. The van der Waals surface area contributed by atoms with Crippen molar-refractivity contribution < 1.29 is 0 Å². The molecule has 2 atom stereocenters. The molecule has 0 radical (unpaired) electrons. The fourth-order valence-electron chi connectivity index (χ4n) is 2.95. The van der Waals surface area contributed by atoms with Crippen LogP contribution < -0.4 is 5.73 Å². The number of thioether (sulfide) groups is 1. The number of hydrogen-bond donors (Lipinski definition) is 1. The predicted molar refractivity (Wildman–Crippen MR) is 73.6 cm³/mol. The van der Waals surface area contributed by atoms with Crippen LogP contribution in [0.15, 0.2) is 29.2 Å². The Balaban J connectivity index is 1.67. The molecule has 1 aromatic carbocycles. The van der Waals surface area contributed by atoms with E-state index in [-0.39, 0.29) is 0 Å². The number of nitrogens with two attached hydrogens (primary N) is 1. The van der Waals surface area contributed by atoms with E-state index in [1.807, 2.05) is 11.8 Å². The Bertz CT molecular complexity index is 394. The van der Waals surface area contributed by atoms with Crippen LogP contribution in [-0.4, -0.2) is 36.3 Å². The molecule has 1 unspecified atom stereocenters. The van der Waals surface area contributed by atoms with E-state index in [1.54, 1.807) is 5.56 Å². The average molecular weight is 248 g/mol. The van der Waals surface area contributed by atoms with Crippen LogP contribution in [0.4, 0.5) is 0 Å². The third kappa shape index (κ3) is 2.51. The quantitative estimate of drug-likeness (QED) is 0.871. The van der Waals surface area contributed by atoms with Gasteiger partial charge < -0.3 is 10.6 Å². The number of nitrogens with zero attached hydrogens (tertiary/aromatic N) is 1. The molecule has 1 aromatic rings. The van der Waals surface area contributed by atoms with Crippen molar-refractivity contribution >= 4 is 11.8 Å². The van der Waals surface area contributed by atoms with Crippen molar-refractivity contribution in [2.75, 3.05) is 25.4 Å². The van der Waals surface area contributed by atoms with Crippen LogP contribution >= 0.6 is 11.8 Å². The summed E-state index contributed by atoms with van der Waals surface area (Å²) in [5.74, 6) is 1.95. The van der Waals surface area contributed by atoms with Gasteiger partial charge in [0.1, 0.15) is 0 Å². The molecule has 0 aliphatic carbocycles. The van der Waals surface area contributed by atoms with Gasteiger partial charge in [-0.1, -0.05) is 18.2 Å². The number of benzene rings is 1. The summed E-state index contributed by atoms with van der Waals surface area (Å²) in [6, 6.07) is 9.25. The summed E-state index contributed by atoms with van der Waals surface area (Å²) in [6.45, 7) is 3.51. The van der Waals surface area contributed by atoms with E-state index in [9.17, 15) is 0 Å². The minimum absolute atomic E-state index is 0.396. The van der Waals surface area contributed by atoms with Gasteiger partial charge in [-0.25, -0.2) is 0 Å². The maximum Gasteiger partial charge on any atom is 0.0168 e. The van der Waals surface area contributed by atoms with E-state index in [4.69, 9.17) is 5.73 Å². The smallest absolute Gasteiger partial charge is 0.0168 e. The largest absolute Gasteiger partial charge is 0.327 e. The van der Waals surface area contributed by atoms with Crippen LogP contribution in [0, 0.1) is 0 Å². The Kier molecular flexibility index (Phi) is 3.41. The molecule has 2 nitrogen and oxygen atoms in total. The van der Waals surface area contributed by atoms with Crippen molar-refractivity contribution in [1.82, 2.24) is 4.90 Å². The highest BCUT2D eigenvalue weighted by molar-refractivity contribution is 7.99. The fraction of sp³-hybridized carbons (Fsp3) is 0.571. The molecule has 2 heterocycles. The van der Waals surface area contributed by atoms with Gasteiger partial charge in [-0.15, -0.1) is 11.8 Å². The van der Waals surface area contributed by atoms with Gasteiger partial charge in [0.25, 0.3) is 0 Å². The van der Waals surface area contributed by atoms with E-state index in [0.29, 0.717) is 12.0 Å². The van der Waals surface area contributed by atoms with Gasteiger partial charge in [-0.2, -0.15) is 0 Å². The third-order valence-corrected chi connectivity index (χ3v) is 5.07. The van der Waals surface area contributed by atoms with Gasteiger partial charge in [0.2, 0.25) is 0 Å². The first-order chi connectivity index (χ1) is 8.33. The predicted octanol–water partition coefficient (Wildman–Crippen LogP) is 2.30. The lowest BCUT2D eigenvalue weighted by Crippen LogP contribution is -2.44. The zero-order valence-electron chi connectivity index (χ0n) is 10.1. The van der Waals surface area contributed by atoms with Crippen molar-refractivity contribution in [2.24, 2.45) is 5.73 Å². The van der Waals surface area contributed by atoms with E-state index < -0.39 is 0 Å². The Morgan fingerprint density at radius 1 is 1.35 bits per heavy atom. The monoisotopic (exact) mass is 248 g/mol. The minimum Gasteiger partial charge on any atom is -0.327 e. The molecule has 1 saturated heterocycles. The maximum atomic E-state index is 6.05. The molecule has 0 amide bonds. The van der Waals surface area contributed by atoms with Crippen molar-refractivity contribution in [3.63, 3.8) is 0 Å². The molecule has 2 aliphatic heterocycles. The molecular weight excluding hydrogens is 228 g/mol. The van der Waals surface area contributed by atoms with Crippen molar-refractivity contribution in [3.05, 3.63) is 29.8 Å². The van der Waals surface area contributed by atoms with Gasteiger partial charge in [-0.3, -0.25) is 0 Å². The van der Waals surface area contributed by atoms with Crippen molar-refractivity contribution in [3.8, 4) is 0 Å². The molecule has 92 valence electrons. The minimum atomic E-state index is 0.396. The SMILES string of the molecule is N[C@@H]1CCCN(CC2CSc3ccccc32)C1. The highest BCUT2D eigenvalue weighted by Gasteiger charge is 2.26. The topological polar surface area (TPSA) is 29.3 Å². The van der Waals surface area contributed by atoms with Gasteiger partial charge >= 0.3 is 0 Å². The third-order valence-electron chi connectivity index (χ3n) is 3.82. The number of rotatable bonds is 2. The molecule has 1 fully saturated rings. The van der Waals surface area contributed by atoms with E-state index in [1.165, 1.54) is 36.6 Å². The number of fused-ring (bicyclic) bond motifs is 1. The summed E-state index contributed by atoms with van der Waals surface area (Å²) in [4.78, 5) is 4.04. The second-order valence-electron chi connectivity index (χ2n) is 5.21. The summed E-state index contributed by atoms with van der Waals surface area (Å²) < 4.78 is 0. The Morgan fingerprint density at radius 2 is 2.24 bits per heavy atom. The maximum absolute atomic E-state index is 6.05. The van der Waals surface area contributed by atoms with Gasteiger partial charge in [-0.05, 0) is 31.0 Å². The molecule has 2 aliphatic rings. The van der Waals surface area contributed by atoms with E-state index >= 15 is 0 Å². The van der Waals surface area contributed by atoms with E-state index in [2.05, 4.69) is 29.2 Å². The molecule has 0 saturated carbocycles. The second kappa shape index (κ2) is 5.01. The standard InChI is InChI=1S/C14H20N2S/c15-12-4-3-7-16(9-12)8-11-10-17-14-6-2-1-5-13(11)14/h1-2,5-6,11-12H,3-4,7-10,15H2/t11?,12-/m1/s1. The number of piperidine rings is 1. The Morgan fingerprint density at radius 3 is 3.12 bits per heavy atom. The lowest BCUT2D eigenvalue weighted by atomic mass is 9.99. The zero-order valence-corrected chi connectivity index (χ0v) is 11.0. The van der Waals surface area contributed by atoms with E-state index in [0.717, 1.165) is 6.54 Å². The first kappa shape index (κ1) is 11.6. The lowest BCUT2D eigenvalue weighted by molar-refractivity contribution is 0.201. The van der Waals surface area contributed by atoms with Crippen molar-refractivity contribution in [2.45, 2.75) is 29.7 Å². The first-order valence-electron chi connectivity index (χ1n) is 6.52. The Hall–Kier alpha value is -0.510. The molecule has 0 spiro atoms. The van der Waals surface area contributed by atoms with Crippen LogP contribution in [0.25, 0.3) is 0 Å². The molecule has 3 heteroatoms. The fourth-order valence-corrected chi connectivity index (χ4v) is 4.19. The Labute approximate surface area is 108 Å². The summed E-state index contributed by atoms with van der Waals surface area (Å²) in [6.07, 6.45) is 2.47. The molecule has 0 aromatic heterocycles. The molecular formula is C14H20N2S. The molecule has 17 heavy (non-hydrogen) atoms. The number of hydrogen-bond acceptors (Lipinski definition) is 3. The summed E-state index contributed by atoms with van der Waals surface area (Å²) in [7, 11) is 0. The molecule has 2 N–H and O–H groups in total. The van der Waals surface area contributed by atoms with Crippen LogP contribution in [0.3, 0.4) is 0 Å². The van der Waals surface area contributed by atoms with Crippen LogP contribution in [0.2, 0.25) is 0 Å². The normalized spacial score (nSPS) is 29.2. The highest BCUT2D eigenvalue weighted by Crippen LogP contribution is 2.39. The van der Waals surface area contributed by atoms with Gasteiger partial charge in [0.15, 0.2) is 0 Å². The van der Waals surface area contributed by atoms with Crippen LogP contribution in [0.1, 0.15) is 24.3 Å². The molecule has 3 rings (SSSR count). The van der Waals surface area contributed by atoms with Crippen LogP contribution in [-0.2, 0) is 0 Å². The lowest BCUT2D eigenvalue weighted by Gasteiger charge is -2.32. The molecule has 0 bridgehead atoms. The second-order valence-corrected chi connectivity index (χ2v) is 6.27. The number of likely N-dealkylation sites (tertiary alicyclic amines) is 1. The first-order valence-corrected chi connectivity index (χ1v) is 7.51. The summed E-state index contributed by atoms with van der Waals surface area (Å²) in [5.41, 5.74) is 7.60.